The van der Waals surface area contributed by atoms with E-state index in [0.29, 0.717) is 194 Å². The van der Waals surface area contributed by atoms with Crippen molar-refractivity contribution in [3.05, 3.63) is 0 Å². The molecular weight excluding hydrogens is 1570 g/mol. The molecule has 10 aliphatic heterocycles. The first-order chi connectivity index (χ1) is 57.6. The molecule has 10 saturated heterocycles. The Morgan fingerprint density at radius 2 is 0.364 bits per heavy atom. The Labute approximate surface area is 715 Å². The molecule has 121 heavy (non-hydrogen) atoms. The van der Waals surface area contributed by atoms with Crippen LogP contribution < -0.4 is 0 Å². The highest BCUT2D eigenvalue weighted by atomic mass is 16.6. The van der Waals surface area contributed by atoms with Gasteiger partial charge in [-0.2, -0.15) is 0 Å². The Kier molecular flexibility index (Phi) is 36.0. The van der Waals surface area contributed by atoms with Crippen LogP contribution in [0.3, 0.4) is 0 Å². The Morgan fingerprint density at radius 1 is 0.231 bits per heavy atom. The SMILES string of the molecule is CCC(C)(CC(C)(CC(C)(CC(C)(CC(C)(CC(C)(CC(C)(CC(C)(CC(C)(CC(C)C(=O)OCCCC1CO1)C(=O)OCCCC1CO1)C(=O)OCCCC1CO1)C(=O)OCCCC1CO1)C(=O)OCCCC1CO1)C(=O)OCCCC1CO1)C(=O)OCCCC1CO1)C(=O)OCCCC1CO1)C(=O)OCCCC1CO1)C(=O)OCCCC1CO1. The van der Waals surface area contributed by atoms with Gasteiger partial charge in [0, 0.05) is 0 Å². The van der Waals surface area contributed by atoms with E-state index in [0.717, 1.165) is 0 Å². The molecule has 30 heteroatoms. The lowest BCUT2D eigenvalue weighted by Gasteiger charge is -2.47. The van der Waals surface area contributed by atoms with Gasteiger partial charge in [0.15, 0.2) is 0 Å². The second-order valence-electron chi connectivity index (χ2n) is 39.3. The lowest BCUT2D eigenvalue weighted by Crippen LogP contribution is -2.51. The Balaban J connectivity index is 1.07. The highest BCUT2D eigenvalue weighted by Crippen LogP contribution is 2.58. The smallest absolute Gasteiger partial charge is 0.311 e. The molecule has 10 rings (SSSR count). The fraction of sp³-hybridized carbons (Fsp3) is 0.890. The van der Waals surface area contributed by atoms with Gasteiger partial charge in [-0.3, -0.25) is 47.9 Å². The summed E-state index contributed by atoms with van der Waals surface area (Å²) >= 11 is 0. The van der Waals surface area contributed by atoms with E-state index in [1.54, 1.807) is 69.2 Å². The van der Waals surface area contributed by atoms with Crippen LogP contribution in [-0.2, 0) is 143 Å². The van der Waals surface area contributed by atoms with Crippen LogP contribution >= 0.6 is 0 Å². The zero-order valence-electron chi connectivity index (χ0n) is 74.5. The van der Waals surface area contributed by atoms with Crippen molar-refractivity contribution in [2.45, 2.75) is 330 Å². The van der Waals surface area contributed by atoms with E-state index in [2.05, 4.69) is 0 Å². The number of ether oxygens (including phenoxy) is 20. The van der Waals surface area contributed by atoms with Crippen LogP contribution in [0.15, 0.2) is 0 Å². The molecule has 20 unspecified atom stereocenters. The molecule has 30 nitrogen and oxygen atoms in total. The predicted molar refractivity (Wildman–Crippen MR) is 433 cm³/mol. The van der Waals surface area contributed by atoms with Gasteiger partial charge in [0.25, 0.3) is 0 Å². The molecule has 0 N–H and O–H groups in total. The molecular formula is C91H144O30. The minimum absolute atomic E-state index is 0.00748. The van der Waals surface area contributed by atoms with E-state index < -0.39 is 146 Å². The molecule has 10 aliphatic rings. The second kappa shape index (κ2) is 44.6. The summed E-state index contributed by atoms with van der Waals surface area (Å²) in [5.74, 6) is -8.50. The van der Waals surface area contributed by atoms with Gasteiger partial charge in [0.05, 0.1) is 248 Å². The molecule has 0 aliphatic carbocycles. The van der Waals surface area contributed by atoms with Crippen molar-refractivity contribution in [3.8, 4) is 0 Å². The van der Waals surface area contributed by atoms with Crippen molar-refractivity contribution in [2.75, 3.05) is 132 Å². The van der Waals surface area contributed by atoms with Gasteiger partial charge in [-0.05, 0) is 255 Å². The molecule has 688 valence electrons. The topological polar surface area (TPSA) is 388 Å². The number of hydrogen-bond acceptors (Lipinski definition) is 30. The molecule has 20 atom stereocenters. The minimum atomic E-state index is -2.03. The maximum absolute atomic E-state index is 16.4. The van der Waals surface area contributed by atoms with Gasteiger partial charge in [-0.25, -0.2) is 0 Å². The Hall–Kier alpha value is -5.70. The summed E-state index contributed by atoms with van der Waals surface area (Å²) in [4.78, 5) is 157. The predicted octanol–water partition coefficient (Wildman–Crippen LogP) is 11.8. The lowest BCUT2D eigenvalue weighted by atomic mass is 9.56. The lowest BCUT2D eigenvalue weighted by molar-refractivity contribution is -0.177. The van der Waals surface area contributed by atoms with Crippen molar-refractivity contribution in [3.63, 3.8) is 0 Å². The fourth-order valence-corrected chi connectivity index (χ4v) is 18.5. The van der Waals surface area contributed by atoms with Crippen LogP contribution in [0.1, 0.15) is 269 Å². The van der Waals surface area contributed by atoms with Gasteiger partial charge >= 0.3 is 59.7 Å². The average Bonchev–Trinajstić information content (AvgIpc) is 1.49. The van der Waals surface area contributed by atoms with Crippen LogP contribution in [-0.4, -0.2) is 253 Å². The van der Waals surface area contributed by atoms with E-state index >= 15 is 38.4 Å². The van der Waals surface area contributed by atoms with Crippen molar-refractivity contribution in [1.29, 1.82) is 0 Å². The van der Waals surface area contributed by atoms with Crippen LogP contribution in [0.2, 0.25) is 0 Å². The van der Waals surface area contributed by atoms with Crippen molar-refractivity contribution in [1.82, 2.24) is 0 Å². The van der Waals surface area contributed by atoms with Crippen molar-refractivity contribution in [2.24, 2.45) is 54.7 Å². The maximum atomic E-state index is 16.4. The van der Waals surface area contributed by atoms with E-state index in [1.807, 2.05) is 6.92 Å². The zero-order valence-corrected chi connectivity index (χ0v) is 74.5. The van der Waals surface area contributed by atoms with Gasteiger partial charge in [0.2, 0.25) is 0 Å². The summed E-state index contributed by atoms with van der Waals surface area (Å²) in [6.07, 6.45) is 6.91. The third-order valence-corrected chi connectivity index (χ3v) is 25.7. The van der Waals surface area contributed by atoms with Gasteiger partial charge in [0.1, 0.15) is 0 Å². The minimum Gasteiger partial charge on any atom is -0.465 e. The molecule has 0 aromatic heterocycles. The number of epoxide rings is 10. The zero-order chi connectivity index (χ0) is 87.1. The molecule has 0 bridgehead atoms. The summed E-state index contributed by atoms with van der Waals surface area (Å²) in [6, 6.07) is 0. The maximum Gasteiger partial charge on any atom is 0.311 e. The van der Waals surface area contributed by atoms with Crippen molar-refractivity contribution >= 4 is 59.7 Å². The molecule has 0 saturated carbocycles. The highest BCUT2D eigenvalue weighted by Gasteiger charge is 2.61. The van der Waals surface area contributed by atoms with E-state index in [1.165, 1.54) is 0 Å². The standard InChI is InChI=1S/C91H144O30/c1-12-83(3,74(93)103-34-14-24-64-45-113-64)54-85(5,76(95)105-36-16-26-66-47-115-66)56-87(7,78(97)107-38-18-28-68-49-117-68)58-89(9,80(99)109-40-20-30-70-51-119-70)60-91(11,82(101)111-42-22-32-72-53-121-72)61-90(10,81(100)110-41-21-31-71-52-120-71)59-88(8,79(98)108-39-19-29-69-50-118-69)57-86(6,77(96)106-37-17-27-67-48-116-67)55-84(4,75(94)104-35-15-25-65-46-114-65)43-62(2)73(92)102-33-13-23-63-44-112-63/h62-72H,12-61H2,1-11H3. The number of hydrogen-bond donors (Lipinski definition) is 0. The molecule has 0 aromatic rings. The van der Waals surface area contributed by atoms with E-state index in [9.17, 15) is 9.59 Å². The summed E-state index contributed by atoms with van der Waals surface area (Å²) in [7, 11) is 0. The highest BCUT2D eigenvalue weighted by molar-refractivity contribution is 5.88. The van der Waals surface area contributed by atoms with Gasteiger partial charge < -0.3 is 94.7 Å². The molecule has 10 heterocycles. The summed E-state index contributed by atoms with van der Waals surface area (Å²) < 4.78 is 118. The first-order valence-electron chi connectivity index (χ1n) is 45.5. The molecule has 0 aromatic carbocycles. The molecule has 0 spiro atoms. The normalized spacial score (nSPS) is 27.0. The van der Waals surface area contributed by atoms with Crippen LogP contribution in [0.25, 0.3) is 0 Å². The Bertz CT molecular complexity index is 3390. The van der Waals surface area contributed by atoms with Crippen LogP contribution in [0.4, 0.5) is 0 Å². The first-order valence-corrected chi connectivity index (χ1v) is 45.5. The molecule has 0 amide bonds. The first kappa shape index (κ1) is 97.5. The number of esters is 10. The van der Waals surface area contributed by atoms with E-state index in [-0.39, 0.29) is 159 Å². The van der Waals surface area contributed by atoms with E-state index in [4.69, 9.17) is 94.7 Å². The number of carbonyl (C=O) groups excluding carboxylic acids is 10. The van der Waals surface area contributed by atoms with Crippen LogP contribution in [0, 0.1) is 54.7 Å². The second-order valence-corrected chi connectivity index (χ2v) is 39.3. The summed E-state index contributed by atoms with van der Waals surface area (Å²) in [5, 5.41) is 0. The van der Waals surface area contributed by atoms with Crippen molar-refractivity contribution < 1.29 is 143 Å². The molecule has 0 radical (unpaired) electrons. The largest absolute Gasteiger partial charge is 0.465 e. The third-order valence-electron chi connectivity index (χ3n) is 25.7. The average molecular weight is 1720 g/mol. The number of carbonyl (C=O) groups is 10. The van der Waals surface area contributed by atoms with Gasteiger partial charge in [-0.1, -0.05) is 13.8 Å². The third kappa shape index (κ3) is 33.2. The summed E-state index contributed by atoms with van der Waals surface area (Å²) in [5.41, 5.74) is -16.6. The summed E-state index contributed by atoms with van der Waals surface area (Å²) in [6.45, 7) is 23.3. The Morgan fingerprint density at radius 3 is 0.521 bits per heavy atom. The van der Waals surface area contributed by atoms with Gasteiger partial charge in [-0.15, -0.1) is 0 Å². The van der Waals surface area contributed by atoms with Crippen LogP contribution in [0.5, 0.6) is 0 Å². The fourth-order valence-electron chi connectivity index (χ4n) is 18.5. The molecule has 10 fully saturated rings. The number of rotatable bonds is 69. The quantitative estimate of drug-likeness (QED) is 0.0236. The monoisotopic (exact) mass is 1720 g/mol.